The maximum atomic E-state index is 3.99. The van der Waals surface area contributed by atoms with E-state index >= 15 is 0 Å². The van der Waals surface area contributed by atoms with Gasteiger partial charge in [0, 0.05) is 0 Å². The second-order valence-corrected chi connectivity index (χ2v) is 2.38. The average Bonchev–Trinajstić information content (AvgIpc) is 2.15. The summed E-state index contributed by atoms with van der Waals surface area (Å²) in [5, 5.41) is 7.00. The van der Waals surface area contributed by atoms with Crippen molar-refractivity contribution in [2.24, 2.45) is 4.99 Å². The zero-order valence-corrected chi connectivity index (χ0v) is 4.85. The van der Waals surface area contributed by atoms with Crippen LogP contribution in [-0.4, -0.2) is 6.34 Å². The molecular formula is C5H3N2S. The SMILES string of the molecule is C1=Nc2sccc2[N]1. The summed E-state index contributed by atoms with van der Waals surface area (Å²) in [6.07, 6.45) is 1.58. The van der Waals surface area contributed by atoms with E-state index in [0.29, 0.717) is 0 Å². The summed E-state index contributed by atoms with van der Waals surface area (Å²) in [7, 11) is 0. The molecule has 1 aromatic heterocycles. The number of thiophene rings is 1. The van der Waals surface area contributed by atoms with Gasteiger partial charge >= 0.3 is 0 Å². The lowest BCUT2D eigenvalue weighted by Crippen LogP contribution is -1.81. The monoisotopic (exact) mass is 123 g/mol. The van der Waals surface area contributed by atoms with Crippen LogP contribution < -0.4 is 5.32 Å². The normalized spacial score (nSPS) is 13.5. The smallest absolute Gasteiger partial charge is 0.143 e. The van der Waals surface area contributed by atoms with Gasteiger partial charge in [-0.3, -0.25) is 0 Å². The van der Waals surface area contributed by atoms with Crippen LogP contribution in [0, 0.1) is 0 Å². The highest BCUT2D eigenvalue weighted by Gasteiger charge is 2.05. The molecule has 0 aliphatic carbocycles. The van der Waals surface area contributed by atoms with Gasteiger partial charge in [-0.2, -0.15) is 0 Å². The van der Waals surface area contributed by atoms with Gasteiger partial charge in [0.15, 0.2) is 0 Å². The number of hydrogen-bond donors (Lipinski definition) is 0. The van der Waals surface area contributed by atoms with Crippen molar-refractivity contribution < 1.29 is 0 Å². The van der Waals surface area contributed by atoms with Crippen LogP contribution in [0.2, 0.25) is 0 Å². The molecule has 1 aromatic rings. The van der Waals surface area contributed by atoms with E-state index in [0.717, 1.165) is 10.7 Å². The molecule has 0 aromatic carbocycles. The average molecular weight is 123 g/mol. The van der Waals surface area contributed by atoms with E-state index < -0.39 is 0 Å². The van der Waals surface area contributed by atoms with Gasteiger partial charge in [-0.1, -0.05) is 0 Å². The van der Waals surface area contributed by atoms with Gasteiger partial charge in [-0.05, 0) is 11.4 Å². The van der Waals surface area contributed by atoms with E-state index in [9.17, 15) is 0 Å². The van der Waals surface area contributed by atoms with Crippen molar-refractivity contribution in [1.29, 1.82) is 0 Å². The predicted octanol–water partition coefficient (Wildman–Crippen LogP) is 1.66. The fraction of sp³-hybridized carbons (Fsp3) is 0. The molecule has 2 heterocycles. The zero-order chi connectivity index (χ0) is 5.40. The van der Waals surface area contributed by atoms with Crippen molar-refractivity contribution >= 4 is 28.4 Å². The lowest BCUT2D eigenvalue weighted by molar-refractivity contribution is 1.37. The summed E-state index contributed by atoms with van der Waals surface area (Å²) in [4.78, 5) is 3.99. The molecule has 39 valence electrons. The number of rotatable bonds is 0. The summed E-state index contributed by atoms with van der Waals surface area (Å²) >= 11 is 1.62. The lowest BCUT2D eigenvalue weighted by Gasteiger charge is -1.77. The Labute approximate surface area is 50.9 Å². The lowest BCUT2D eigenvalue weighted by atomic mass is 10.5. The molecule has 0 amide bonds. The van der Waals surface area contributed by atoms with Crippen LogP contribution in [0.25, 0.3) is 0 Å². The molecule has 1 aliphatic heterocycles. The van der Waals surface area contributed by atoms with Gasteiger partial charge in [0.05, 0.1) is 0 Å². The van der Waals surface area contributed by atoms with E-state index in [1.165, 1.54) is 0 Å². The molecule has 3 heteroatoms. The molecule has 0 spiro atoms. The predicted molar refractivity (Wildman–Crippen MR) is 34.3 cm³/mol. The molecule has 0 saturated carbocycles. The maximum Gasteiger partial charge on any atom is 0.143 e. The van der Waals surface area contributed by atoms with E-state index in [1.807, 2.05) is 11.4 Å². The van der Waals surface area contributed by atoms with Crippen LogP contribution in [0.3, 0.4) is 0 Å². The first-order chi connectivity index (χ1) is 3.97. The molecule has 1 radical (unpaired) electrons. The van der Waals surface area contributed by atoms with Gasteiger partial charge in [0.1, 0.15) is 17.0 Å². The standard InChI is InChI=1S/C5H3N2S/c1-2-8-5-4(1)6-3-7-5/h1-3H. The minimum absolute atomic E-state index is 1.01. The molecule has 0 N–H and O–H groups in total. The first kappa shape index (κ1) is 4.09. The van der Waals surface area contributed by atoms with Crippen molar-refractivity contribution in [2.75, 3.05) is 0 Å². The fourth-order valence-corrected chi connectivity index (χ4v) is 1.31. The van der Waals surface area contributed by atoms with Crippen LogP contribution in [0.4, 0.5) is 10.7 Å². The number of hydrogen-bond acceptors (Lipinski definition) is 2. The summed E-state index contributed by atoms with van der Waals surface area (Å²) < 4.78 is 0. The Bertz CT molecular complexity index is 226. The first-order valence-electron chi connectivity index (χ1n) is 2.28. The summed E-state index contributed by atoms with van der Waals surface area (Å²) in [5.41, 5.74) is 1.01. The topological polar surface area (TPSA) is 26.5 Å². The quantitative estimate of drug-likeness (QED) is 0.501. The third kappa shape index (κ3) is 0.391. The minimum Gasteiger partial charge on any atom is -0.234 e. The molecule has 0 saturated heterocycles. The Kier molecular flexibility index (Phi) is 0.676. The van der Waals surface area contributed by atoms with Crippen molar-refractivity contribution in [1.82, 2.24) is 5.32 Å². The molecule has 0 bridgehead atoms. The van der Waals surface area contributed by atoms with Crippen LogP contribution in [-0.2, 0) is 0 Å². The van der Waals surface area contributed by atoms with E-state index in [-0.39, 0.29) is 0 Å². The minimum atomic E-state index is 1.01. The Morgan fingerprint density at radius 2 is 2.50 bits per heavy atom. The molecule has 0 atom stereocenters. The largest absolute Gasteiger partial charge is 0.234 e. The van der Waals surface area contributed by atoms with Crippen molar-refractivity contribution in [3.63, 3.8) is 0 Å². The highest BCUT2D eigenvalue weighted by molar-refractivity contribution is 7.14. The summed E-state index contributed by atoms with van der Waals surface area (Å²) in [5.74, 6) is 0. The molecule has 2 rings (SSSR count). The fourth-order valence-electron chi connectivity index (χ4n) is 0.633. The first-order valence-corrected chi connectivity index (χ1v) is 3.16. The number of aliphatic imine (C=N–C) groups is 1. The van der Waals surface area contributed by atoms with Crippen LogP contribution in [0.1, 0.15) is 0 Å². The van der Waals surface area contributed by atoms with E-state index in [2.05, 4.69) is 10.3 Å². The summed E-state index contributed by atoms with van der Waals surface area (Å²) in [6, 6.07) is 1.97. The number of fused-ring (bicyclic) bond motifs is 1. The van der Waals surface area contributed by atoms with Gasteiger partial charge in [0.2, 0.25) is 0 Å². The Hall–Kier alpha value is -0.830. The molecule has 0 unspecified atom stereocenters. The third-order valence-corrected chi connectivity index (χ3v) is 1.81. The Morgan fingerprint density at radius 3 is 3.38 bits per heavy atom. The van der Waals surface area contributed by atoms with E-state index in [4.69, 9.17) is 0 Å². The zero-order valence-electron chi connectivity index (χ0n) is 4.03. The molecule has 2 nitrogen and oxygen atoms in total. The molecule has 0 fully saturated rings. The second kappa shape index (κ2) is 1.32. The van der Waals surface area contributed by atoms with Crippen LogP contribution in [0.5, 0.6) is 0 Å². The van der Waals surface area contributed by atoms with Crippen molar-refractivity contribution in [3.05, 3.63) is 11.4 Å². The Morgan fingerprint density at radius 1 is 1.50 bits per heavy atom. The van der Waals surface area contributed by atoms with Gasteiger partial charge in [0.25, 0.3) is 0 Å². The summed E-state index contributed by atoms with van der Waals surface area (Å²) in [6.45, 7) is 0. The molecular weight excluding hydrogens is 120 g/mol. The Balaban J connectivity index is 2.67. The van der Waals surface area contributed by atoms with Crippen LogP contribution >= 0.6 is 11.3 Å². The second-order valence-electron chi connectivity index (χ2n) is 1.48. The number of nitrogens with zero attached hydrogens (tertiary/aromatic N) is 2. The van der Waals surface area contributed by atoms with Crippen molar-refractivity contribution in [2.45, 2.75) is 0 Å². The van der Waals surface area contributed by atoms with Crippen LogP contribution in [0.15, 0.2) is 16.4 Å². The van der Waals surface area contributed by atoms with Gasteiger partial charge in [-0.25, -0.2) is 10.3 Å². The highest BCUT2D eigenvalue weighted by Crippen LogP contribution is 2.33. The molecule has 8 heavy (non-hydrogen) atoms. The molecule has 1 aliphatic rings. The van der Waals surface area contributed by atoms with Gasteiger partial charge < -0.3 is 0 Å². The third-order valence-electron chi connectivity index (χ3n) is 0.997. The maximum absolute atomic E-state index is 3.99. The van der Waals surface area contributed by atoms with Crippen molar-refractivity contribution in [3.8, 4) is 0 Å². The van der Waals surface area contributed by atoms with E-state index in [1.54, 1.807) is 17.7 Å². The van der Waals surface area contributed by atoms with Gasteiger partial charge in [-0.15, -0.1) is 11.3 Å². The highest BCUT2D eigenvalue weighted by atomic mass is 32.1.